The zero-order chi connectivity index (χ0) is 12.3. The normalized spacial score (nSPS) is 10.3. The van der Waals surface area contributed by atoms with E-state index in [0.717, 1.165) is 23.6 Å². The lowest BCUT2D eigenvalue weighted by Crippen LogP contribution is -1.95. The Bertz CT molecular complexity index is 529. The molecule has 0 spiro atoms. The highest BCUT2D eigenvalue weighted by Gasteiger charge is 2.05. The van der Waals surface area contributed by atoms with Gasteiger partial charge in [0, 0.05) is 18.0 Å². The number of rotatable bonds is 3. The smallest absolute Gasteiger partial charge is 0.148 e. The second-order valence-corrected chi connectivity index (χ2v) is 4.05. The molecule has 88 valence electrons. The van der Waals surface area contributed by atoms with Gasteiger partial charge in [0.25, 0.3) is 0 Å². The summed E-state index contributed by atoms with van der Waals surface area (Å²) in [6.45, 7) is 4.01. The van der Waals surface area contributed by atoms with Gasteiger partial charge in [-0.1, -0.05) is 18.5 Å². The molecule has 0 atom stereocenters. The molecule has 0 saturated carbocycles. The molecule has 0 radical (unpaired) electrons. The van der Waals surface area contributed by atoms with Crippen molar-refractivity contribution in [2.24, 2.45) is 0 Å². The van der Waals surface area contributed by atoms with Crippen LogP contribution in [-0.4, -0.2) is 9.97 Å². The highest BCUT2D eigenvalue weighted by molar-refractivity contribution is 6.29. The van der Waals surface area contributed by atoms with Gasteiger partial charge in [0.15, 0.2) is 0 Å². The molecule has 0 unspecified atom stereocenters. The average molecular weight is 249 g/mol. The molecule has 0 aliphatic rings. The van der Waals surface area contributed by atoms with E-state index in [1.807, 2.05) is 26.0 Å². The van der Waals surface area contributed by atoms with Gasteiger partial charge in [-0.15, -0.1) is 0 Å². The lowest BCUT2D eigenvalue weighted by molar-refractivity contribution is 0.472. The minimum Gasteiger partial charge on any atom is -0.455 e. The van der Waals surface area contributed by atoms with Gasteiger partial charge < -0.3 is 4.74 Å². The van der Waals surface area contributed by atoms with Crippen molar-refractivity contribution in [2.75, 3.05) is 0 Å². The number of ether oxygens (including phenoxy) is 1. The lowest BCUT2D eigenvalue weighted by Gasteiger charge is -2.09. The Labute approximate surface area is 105 Å². The van der Waals surface area contributed by atoms with Crippen LogP contribution < -0.4 is 4.74 Å². The molecule has 0 fully saturated rings. The van der Waals surface area contributed by atoms with Crippen LogP contribution in [0.3, 0.4) is 0 Å². The number of hydrogen-bond acceptors (Lipinski definition) is 3. The summed E-state index contributed by atoms with van der Waals surface area (Å²) in [7, 11) is 0. The van der Waals surface area contributed by atoms with Crippen LogP contribution in [0.25, 0.3) is 0 Å². The van der Waals surface area contributed by atoms with Crippen LogP contribution in [0.4, 0.5) is 0 Å². The number of aryl methyl sites for hydroxylation is 2. The van der Waals surface area contributed by atoms with Gasteiger partial charge >= 0.3 is 0 Å². The molecule has 0 saturated heterocycles. The van der Waals surface area contributed by atoms with Crippen LogP contribution in [0.2, 0.25) is 5.15 Å². The average Bonchev–Trinajstić information content (AvgIpc) is 2.31. The fourth-order valence-electron chi connectivity index (χ4n) is 1.52. The second kappa shape index (κ2) is 5.15. The Hall–Kier alpha value is -1.61. The topological polar surface area (TPSA) is 35.0 Å². The lowest BCUT2D eigenvalue weighted by atomic mass is 10.2. The van der Waals surface area contributed by atoms with Crippen molar-refractivity contribution in [1.29, 1.82) is 0 Å². The number of aromatic nitrogens is 2. The van der Waals surface area contributed by atoms with Gasteiger partial charge in [0.1, 0.15) is 16.7 Å². The van der Waals surface area contributed by atoms with E-state index in [1.54, 1.807) is 18.3 Å². The summed E-state index contributed by atoms with van der Waals surface area (Å²) in [6.07, 6.45) is 2.45. The summed E-state index contributed by atoms with van der Waals surface area (Å²) in [6, 6.07) is 7.30. The van der Waals surface area contributed by atoms with Crippen LogP contribution in [0.15, 0.2) is 30.5 Å². The minimum absolute atomic E-state index is 0.417. The van der Waals surface area contributed by atoms with Crippen molar-refractivity contribution in [3.05, 3.63) is 47.0 Å². The van der Waals surface area contributed by atoms with Gasteiger partial charge in [-0.25, -0.2) is 4.98 Å². The summed E-state index contributed by atoms with van der Waals surface area (Å²) in [5.74, 6) is 1.44. The first-order chi connectivity index (χ1) is 8.19. The Morgan fingerprint density at radius 3 is 2.82 bits per heavy atom. The highest BCUT2D eigenvalue weighted by Crippen LogP contribution is 2.25. The minimum atomic E-state index is 0.417. The van der Waals surface area contributed by atoms with E-state index in [2.05, 4.69) is 9.97 Å². The molecular weight excluding hydrogens is 236 g/mol. The first-order valence-electron chi connectivity index (χ1n) is 5.45. The van der Waals surface area contributed by atoms with Crippen molar-refractivity contribution >= 4 is 11.6 Å². The standard InChI is InChI=1S/C13H13ClN2O/c1-3-11-12(5-4-9(2)16-11)17-10-6-7-15-13(14)8-10/h4-8H,3H2,1-2H3. The SMILES string of the molecule is CCc1nc(C)ccc1Oc1ccnc(Cl)c1. The maximum Gasteiger partial charge on any atom is 0.148 e. The quantitative estimate of drug-likeness (QED) is 0.775. The number of hydrogen-bond donors (Lipinski definition) is 0. The molecular formula is C13H13ClN2O. The molecule has 0 aromatic carbocycles. The summed E-state index contributed by atoms with van der Waals surface area (Å²) >= 11 is 5.80. The Morgan fingerprint density at radius 2 is 2.12 bits per heavy atom. The first kappa shape index (κ1) is 11.9. The number of halogens is 1. The molecule has 2 aromatic rings. The number of nitrogens with zero attached hydrogens (tertiary/aromatic N) is 2. The van der Waals surface area contributed by atoms with Crippen molar-refractivity contribution in [3.8, 4) is 11.5 Å². The molecule has 2 heterocycles. The molecule has 0 amide bonds. The molecule has 0 aliphatic heterocycles. The van der Waals surface area contributed by atoms with E-state index >= 15 is 0 Å². The van der Waals surface area contributed by atoms with Crippen LogP contribution in [0.5, 0.6) is 11.5 Å². The monoisotopic (exact) mass is 248 g/mol. The van der Waals surface area contributed by atoms with Crippen LogP contribution >= 0.6 is 11.6 Å². The number of pyridine rings is 2. The third-order valence-corrected chi connectivity index (χ3v) is 2.54. The molecule has 0 bridgehead atoms. The molecule has 2 aromatic heterocycles. The van der Waals surface area contributed by atoms with Crippen molar-refractivity contribution in [3.63, 3.8) is 0 Å². The molecule has 3 nitrogen and oxygen atoms in total. The molecule has 0 aliphatic carbocycles. The second-order valence-electron chi connectivity index (χ2n) is 3.67. The van der Waals surface area contributed by atoms with E-state index in [9.17, 15) is 0 Å². The highest BCUT2D eigenvalue weighted by atomic mass is 35.5. The van der Waals surface area contributed by atoms with Crippen molar-refractivity contribution in [2.45, 2.75) is 20.3 Å². The Balaban J connectivity index is 2.29. The third kappa shape index (κ3) is 2.94. The maximum absolute atomic E-state index is 5.80. The van der Waals surface area contributed by atoms with Gasteiger partial charge in [-0.2, -0.15) is 0 Å². The van der Waals surface area contributed by atoms with Gasteiger partial charge in [-0.3, -0.25) is 4.98 Å². The largest absolute Gasteiger partial charge is 0.455 e. The Morgan fingerprint density at radius 1 is 1.29 bits per heavy atom. The Kier molecular flexibility index (Phi) is 3.59. The summed E-state index contributed by atoms with van der Waals surface area (Å²) in [5.41, 5.74) is 1.93. The van der Waals surface area contributed by atoms with Gasteiger partial charge in [0.05, 0.1) is 5.69 Å². The van der Waals surface area contributed by atoms with Gasteiger partial charge in [-0.05, 0) is 31.5 Å². The fraction of sp³-hybridized carbons (Fsp3) is 0.231. The van der Waals surface area contributed by atoms with Gasteiger partial charge in [0.2, 0.25) is 0 Å². The van der Waals surface area contributed by atoms with Crippen LogP contribution in [0.1, 0.15) is 18.3 Å². The molecule has 2 rings (SSSR count). The predicted octanol–water partition coefficient (Wildman–Crippen LogP) is 3.79. The molecule has 4 heteroatoms. The van der Waals surface area contributed by atoms with E-state index in [0.29, 0.717) is 10.9 Å². The summed E-state index contributed by atoms with van der Waals surface area (Å²) in [5, 5.41) is 0.417. The van der Waals surface area contributed by atoms with Crippen LogP contribution in [-0.2, 0) is 6.42 Å². The third-order valence-electron chi connectivity index (χ3n) is 2.33. The van der Waals surface area contributed by atoms with E-state index in [-0.39, 0.29) is 0 Å². The van der Waals surface area contributed by atoms with E-state index in [1.165, 1.54) is 0 Å². The zero-order valence-electron chi connectivity index (χ0n) is 9.77. The molecule has 0 N–H and O–H groups in total. The molecule has 17 heavy (non-hydrogen) atoms. The first-order valence-corrected chi connectivity index (χ1v) is 5.82. The van der Waals surface area contributed by atoms with E-state index < -0.39 is 0 Å². The maximum atomic E-state index is 5.80. The van der Waals surface area contributed by atoms with E-state index in [4.69, 9.17) is 16.3 Å². The predicted molar refractivity (Wildman–Crippen MR) is 67.7 cm³/mol. The summed E-state index contributed by atoms with van der Waals surface area (Å²) in [4.78, 5) is 8.34. The summed E-state index contributed by atoms with van der Waals surface area (Å²) < 4.78 is 5.75. The van der Waals surface area contributed by atoms with Crippen LogP contribution in [0, 0.1) is 6.92 Å². The fourth-order valence-corrected chi connectivity index (χ4v) is 1.68. The van der Waals surface area contributed by atoms with Crippen molar-refractivity contribution < 1.29 is 4.74 Å². The zero-order valence-corrected chi connectivity index (χ0v) is 10.5. The van der Waals surface area contributed by atoms with Crippen molar-refractivity contribution in [1.82, 2.24) is 9.97 Å².